The number of ether oxygens (including phenoxy) is 1. The first-order valence-electron chi connectivity index (χ1n) is 3.07. The summed E-state index contributed by atoms with van der Waals surface area (Å²) in [7, 11) is 0. The molecule has 0 amide bonds. The maximum Gasteiger partial charge on any atom is 0.140 e. The molecule has 0 saturated carbocycles. The number of hydrogen-bond acceptors (Lipinski definition) is 2. The average molecular weight is 126 g/mol. The van der Waals surface area contributed by atoms with Crippen LogP contribution in [0.15, 0.2) is 23.9 Å². The van der Waals surface area contributed by atoms with Crippen molar-refractivity contribution in [1.29, 1.82) is 0 Å². The van der Waals surface area contributed by atoms with E-state index in [2.05, 4.69) is 0 Å². The van der Waals surface area contributed by atoms with Crippen LogP contribution in [0.4, 0.5) is 0 Å². The van der Waals surface area contributed by atoms with Gasteiger partial charge in [-0.15, -0.1) is 0 Å². The van der Waals surface area contributed by atoms with E-state index in [1.54, 1.807) is 12.3 Å². The first kappa shape index (κ1) is 6.20. The Morgan fingerprint density at radius 3 is 3.00 bits per heavy atom. The van der Waals surface area contributed by atoms with Gasteiger partial charge in [-0.3, -0.25) is 0 Å². The van der Waals surface area contributed by atoms with Crippen LogP contribution in [0, 0.1) is 0 Å². The summed E-state index contributed by atoms with van der Waals surface area (Å²) in [6.45, 7) is 1.95. The quantitative estimate of drug-likeness (QED) is 0.583. The molecule has 0 fully saturated rings. The summed E-state index contributed by atoms with van der Waals surface area (Å²) in [5, 5.41) is 9.07. The van der Waals surface area contributed by atoms with Gasteiger partial charge in [0.1, 0.15) is 11.5 Å². The Balaban J connectivity index is 2.64. The van der Waals surface area contributed by atoms with E-state index in [1.807, 2.05) is 6.92 Å². The van der Waals surface area contributed by atoms with Gasteiger partial charge >= 0.3 is 0 Å². The summed E-state index contributed by atoms with van der Waals surface area (Å²) in [6, 6.07) is 0. The van der Waals surface area contributed by atoms with Crippen LogP contribution in [0.25, 0.3) is 0 Å². The lowest BCUT2D eigenvalue weighted by Gasteiger charge is -2.09. The molecule has 0 saturated heterocycles. The second-order valence-corrected chi connectivity index (χ2v) is 1.92. The molecule has 0 aromatic carbocycles. The number of allylic oxidation sites excluding steroid dienone is 2. The highest BCUT2D eigenvalue weighted by molar-refractivity contribution is 5.08. The van der Waals surface area contributed by atoms with Crippen molar-refractivity contribution in [2.75, 3.05) is 0 Å². The third-order valence-electron chi connectivity index (χ3n) is 1.26. The molecule has 0 radical (unpaired) electrons. The van der Waals surface area contributed by atoms with Gasteiger partial charge < -0.3 is 9.84 Å². The third kappa shape index (κ3) is 1.25. The van der Waals surface area contributed by atoms with Crippen molar-refractivity contribution >= 4 is 0 Å². The van der Waals surface area contributed by atoms with Crippen LogP contribution in [0.5, 0.6) is 0 Å². The topological polar surface area (TPSA) is 29.5 Å². The van der Waals surface area contributed by atoms with Crippen LogP contribution in [-0.2, 0) is 4.74 Å². The zero-order valence-electron chi connectivity index (χ0n) is 5.42. The molecule has 0 aliphatic carbocycles. The van der Waals surface area contributed by atoms with Gasteiger partial charge in [0.2, 0.25) is 0 Å². The van der Waals surface area contributed by atoms with E-state index in [0.29, 0.717) is 17.9 Å². The van der Waals surface area contributed by atoms with Crippen molar-refractivity contribution in [3.63, 3.8) is 0 Å². The SMILES string of the molecule is CCC1=C(O)CC=CO1. The van der Waals surface area contributed by atoms with E-state index < -0.39 is 0 Å². The molecule has 0 unspecified atom stereocenters. The Labute approximate surface area is 54.5 Å². The minimum atomic E-state index is 0.361. The maximum absolute atomic E-state index is 9.07. The van der Waals surface area contributed by atoms with Crippen LogP contribution < -0.4 is 0 Å². The first-order valence-corrected chi connectivity index (χ1v) is 3.07. The fourth-order valence-corrected chi connectivity index (χ4v) is 0.759. The smallest absolute Gasteiger partial charge is 0.140 e. The second kappa shape index (κ2) is 2.58. The highest BCUT2D eigenvalue weighted by atomic mass is 16.5. The van der Waals surface area contributed by atoms with Crippen molar-refractivity contribution in [2.24, 2.45) is 0 Å². The van der Waals surface area contributed by atoms with Crippen LogP contribution >= 0.6 is 0 Å². The summed E-state index contributed by atoms with van der Waals surface area (Å²) >= 11 is 0. The van der Waals surface area contributed by atoms with E-state index >= 15 is 0 Å². The molecule has 9 heavy (non-hydrogen) atoms. The molecule has 50 valence electrons. The standard InChI is InChI=1S/C7H10O2/c1-2-7-6(8)4-3-5-9-7/h3,5,8H,2,4H2,1H3. The van der Waals surface area contributed by atoms with E-state index in [-0.39, 0.29) is 0 Å². The Hall–Kier alpha value is -0.920. The third-order valence-corrected chi connectivity index (χ3v) is 1.26. The normalized spacial score (nSPS) is 17.9. The minimum absolute atomic E-state index is 0.361. The number of aliphatic hydroxyl groups is 1. The van der Waals surface area contributed by atoms with Crippen molar-refractivity contribution < 1.29 is 9.84 Å². The van der Waals surface area contributed by atoms with Crippen LogP contribution in [0.1, 0.15) is 19.8 Å². The molecule has 2 nitrogen and oxygen atoms in total. The van der Waals surface area contributed by atoms with Crippen LogP contribution in [0.3, 0.4) is 0 Å². The van der Waals surface area contributed by atoms with Gasteiger partial charge in [0.15, 0.2) is 0 Å². The van der Waals surface area contributed by atoms with E-state index in [0.717, 1.165) is 6.42 Å². The highest BCUT2D eigenvalue weighted by Gasteiger charge is 2.05. The van der Waals surface area contributed by atoms with E-state index in [4.69, 9.17) is 9.84 Å². The molecular weight excluding hydrogens is 116 g/mol. The number of rotatable bonds is 1. The molecule has 1 aliphatic heterocycles. The van der Waals surface area contributed by atoms with Crippen molar-refractivity contribution in [3.8, 4) is 0 Å². The lowest BCUT2D eigenvalue weighted by atomic mass is 10.2. The van der Waals surface area contributed by atoms with Crippen molar-refractivity contribution in [1.82, 2.24) is 0 Å². The van der Waals surface area contributed by atoms with Gasteiger partial charge in [-0.2, -0.15) is 0 Å². The lowest BCUT2D eigenvalue weighted by molar-refractivity contribution is 0.267. The molecule has 0 atom stereocenters. The fraction of sp³-hybridized carbons (Fsp3) is 0.429. The zero-order chi connectivity index (χ0) is 6.69. The predicted octanol–water partition coefficient (Wildman–Crippen LogP) is 2.10. The predicted molar refractivity (Wildman–Crippen MR) is 34.8 cm³/mol. The van der Waals surface area contributed by atoms with Gasteiger partial charge in [0, 0.05) is 12.8 Å². The summed E-state index contributed by atoms with van der Waals surface area (Å²) in [6.07, 6.45) is 4.77. The molecular formula is C7H10O2. The number of hydrogen-bond donors (Lipinski definition) is 1. The Kier molecular flexibility index (Phi) is 1.78. The summed E-state index contributed by atoms with van der Waals surface area (Å²) in [4.78, 5) is 0. The highest BCUT2D eigenvalue weighted by Crippen LogP contribution is 2.16. The first-order chi connectivity index (χ1) is 4.34. The lowest BCUT2D eigenvalue weighted by Crippen LogP contribution is -1.95. The van der Waals surface area contributed by atoms with Gasteiger partial charge in [0.05, 0.1) is 6.26 Å². The molecule has 1 rings (SSSR count). The molecule has 0 bridgehead atoms. The van der Waals surface area contributed by atoms with Crippen molar-refractivity contribution in [2.45, 2.75) is 19.8 Å². The van der Waals surface area contributed by atoms with Gasteiger partial charge in [-0.05, 0) is 6.08 Å². The van der Waals surface area contributed by atoms with Crippen molar-refractivity contribution in [3.05, 3.63) is 23.9 Å². The Morgan fingerprint density at radius 2 is 2.56 bits per heavy atom. The second-order valence-electron chi connectivity index (χ2n) is 1.92. The Morgan fingerprint density at radius 1 is 1.78 bits per heavy atom. The molecule has 1 aliphatic rings. The molecule has 1 N–H and O–H groups in total. The Bertz CT molecular complexity index is 156. The largest absolute Gasteiger partial charge is 0.508 e. The molecule has 2 heteroatoms. The maximum atomic E-state index is 9.07. The molecule has 0 aromatic rings. The van der Waals surface area contributed by atoms with Crippen LogP contribution in [0.2, 0.25) is 0 Å². The fourth-order valence-electron chi connectivity index (χ4n) is 0.759. The molecule has 0 aromatic heterocycles. The zero-order valence-corrected chi connectivity index (χ0v) is 5.42. The van der Waals surface area contributed by atoms with Gasteiger partial charge in [0.25, 0.3) is 0 Å². The minimum Gasteiger partial charge on any atom is -0.508 e. The van der Waals surface area contributed by atoms with Crippen LogP contribution in [-0.4, -0.2) is 5.11 Å². The van der Waals surface area contributed by atoms with Gasteiger partial charge in [-0.1, -0.05) is 6.92 Å². The monoisotopic (exact) mass is 126 g/mol. The van der Waals surface area contributed by atoms with Gasteiger partial charge in [-0.25, -0.2) is 0 Å². The molecule has 0 spiro atoms. The van der Waals surface area contributed by atoms with E-state index in [9.17, 15) is 0 Å². The summed E-state index contributed by atoms with van der Waals surface area (Å²) in [5.74, 6) is 1.05. The van der Waals surface area contributed by atoms with E-state index in [1.165, 1.54) is 0 Å². The number of aliphatic hydroxyl groups excluding tert-OH is 1. The summed E-state index contributed by atoms with van der Waals surface area (Å²) in [5.41, 5.74) is 0. The molecule has 1 heterocycles. The summed E-state index contributed by atoms with van der Waals surface area (Å²) < 4.78 is 4.99. The average Bonchev–Trinajstić information content (AvgIpc) is 1.89.